The van der Waals surface area contributed by atoms with Crippen LogP contribution in [0.4, 0.5) is 0 Å². The van der Waals surface area contributed by atoms with Gasteiger partial charge in [-0.3, -0.25) is 0 Å². The smallest absolute Gasteiger partial charge is 0.343 e. The van der Waals surface area contributed by atoms with Gasteiger partial charge < -0.3 is 9.47 Å². The summed E-state index contributed by atoms with van der Waals surface area (Å²) >= 11 is 0. The first-order chi connectivity index (χ1) is 21.1. The van der Waals surface area contributed by atoms with Crippen molar-refractivity contribution in [2.75, 3.05) is 6.61 Å². The normalized spacial score (nSPS) is 11.9. The van der Waals surface area contributed by atoms with E-state index in [0.717, 1.165) is 42.6 Å². The minimum Gasteiger partial charge on any atom is -0.423 e. The van der Waals surface area contributed by atoms with Crippen LogP contribution in [-0.2, 0) is 11.2 Å². The topological polar surface area (TPSA) is 35.5 Å². The molecule has 0 aromatic heterocycles. The molecule has 0 heterocycles. The highest BCUT2D eigenvalue weighted by Crippen LogP contribution is 2.25. The molecule has 0 radical (unpaired) electrons. The fourth-order valence-electron chi connectivity index (χ4n) is 5.64. The Bertz CT molecular complexity index is 1150. The lowest BCUT2D eigenvalue weighted by atomic mass is 10.0. The van der Waals surface area contributed by atoms with E-state index in [1.54, 1.807) is 0 Å². The zero-order chi connectivity index (χ0) is 30.5. The van der Waals surface area contributed by atoms with E-state index >= 15 is 0 Å². The third-order valence-electron chi connectivity index (χ3n) is 8.39. The van der Waals surface area contributed by atoms with E-state index in [1.807, 2.05) is 48.5 Å². The van der Waals surface area contributed by atoms with Gasteiger partial charge in [0.2, 0.25) is 0 Å². The van der Waals surface area contributed by atoms with Crippen LogP contribution in [-0.4, -0.2) is 12.6 Å². The van der Waals surface area contributed by atoms with Crippen molar-refractivity contribution >= 4 is 5.97 Å². The summed E-state index contributed by atoms with van der Waals surface area (Å²) in [5, 5.41) is 0. The van der Waals surface area contributed by atoms with Crippen LogP contribution in [0.2, 0.25) is 0 Å². The predicted octanol–water partition coefficient (Wildman–Crippen LogP) is 12.1. The molecule has 0 saturated heterocycles. The number of benzene rings is 3. The van der Waals surface area contributed by atoms with Crippen LogP contribution in [0, 0.1) is 0 Å². The molecule has 3 nitrogen and oxygen atoms in total. The largest absolute Gasteiger partial charge is 0.423 e. The minimum absolute atomic E-state index is 0.0868. The van der Waals surface area contributed by atoms with Gasteiger partial charge in [0, 0.05) is 6.61 Å². The van der Waals surface area contributed by atoms with E-state index in [0.29, 0.717) is 11.3 Å². The van der Waals surface area contributed by atoms with E-state index in [9.17, 15) is 4.79 Å². The summed E-state index contributed by atoms with van der Waals surface area (Å²) in [4.78, 5) is 12.8. The Hall–Kier alpha value is -2.91. The van der Waals surface area contributed by atoms with Crippen LogP contribution in [0.5, 0.6) is 5.75 Å². The Morgan fingerprint density at radius 3 is 1.67 bits per heavy atom. The maximum Gasteiger partial charge on any atom is 0.343 e. The van der Waals surface area contributed by atoms with Crippen molar-refractivity contribution in [2.24, 2.45) is 0 Å². The van der Waals surface area contributed by atoms with Crippen molar-refractivity contribution in [1.29, 1.82) is 0 Å². The van der Waals surface area contributed by atoms with Gasteiger partial charge in [0.25, 0.3) is 0 Å². The molecule has 3 rings (SSSR count). The molecule has 3 heteroatoms. The van der Waals surface area contributed by atoms with Crippen LogP contribution < -0.4 is 4.74 Å². The molecule has 0 saturated carbocycles. The maximum absolute atomic E-state index is 12.8. The summed E-state index contributed by atoms with van der Waals surface area (Å²) in [5.74, 6) is 0.324. The predicted molar refractivity (Wildman–Crippen MR) is 182 cm³/mol. The average Bonchev–Trinajstić information content (AvgIpc) is 3.04. The second kappa shape index (κ2) is 20.9. The molecule has 0 spiro atoms. The number of hydrogen-bond acceptors (Lipinski definition) is 3. The third kappa shape index (κ3) is 13.1. The Morgan fingerprint density at radius 1 is 0.605 bits per heavy atom. The molecule has 43 heavy (non-hydrogen) atoms. The Labute approximate surface area is 262 Å². The van der Waals surface area contributed by atoms with E-state index in [1.165, 1.54) is 89.0 Å². The molecule has 0 amide bonds. The first-order valence-corrected chi connectivity index (χ1v) is 17.2. The lowest BCUT2D eigenvalue weighted by molar-refractivity contribution is 0.0627. The molecule has 0 aliphatic carbocycles. The van der Waals surface area contributed by atoms with Gasteiger partial charge in [-0.2, -0.15) is 0 Å². The monoisotopic (exact) mass is 584 g/mol. The van der Waals surface area contributed by atoms with Gasteiger partial charge in [-0.15, -0.1) is 0 Å². The van der Waals surface area contributed by atoms with Crippen LogP contribution in [0.15, 0.2) is 72.8 Å². The summed E-state index contributed by atoms with van der Waals surface area (Å²) in [7, 11) is 0. The van der Waals surface area contributed by atoms with Crippen LogP contribution >= 0.6 is 0 Å². The van der Waals surface area contributed by atoms with Crippen molar-refractivity contribution in [3.63, 3.8) is 0 Å². The number of hydrogen-bond donors (Lipinski definition) is 0. The van der Waals surface area contributed by atoms with E-state index in [2.05, 4.69) is 45.0 Å². The SMILES string of the molecule is CCCCCCCCCCCCCCCCOC(C)c1ccc(-c2ccc(C(=O)Oc3ccccc3CCC)cc2)cc1. The third-order valence-corrected chi connectivity index (χ3v) is 8.39. The Kier molecular flexibility index (Phi) is 16.8. The molecule has 234 valence electrons. The fourth-order valence-corrected chi connectivity index (χ4v) is 5.64. The molecule has 0 N–H and O–H groups in total. The van der Waals surface area contributed by atoms with E-state index in [-0.39, 0.29) is 12.1 Å². The quantitative estimate of drug-likeness (QED) is 0.0669. The molecule has 0 fully saturated rings. The van der Waals surface area contributed by atoms with Gasteiger partial charge in [0.1, 0.15) is 5.75 Å². The highest BCUT2D eigenvalue weighted by molar-refractivity contribution is 5.91. The molecule has 1 atom stereocenters. The average molecular weight is 585 g/mol. The zero-order valence-corrected chi connectivity index (χ0v) is 27.3. The van der Waals surface area contributed by atoms with Gasteiger partial charge in [-0.05, 0) is 60.2 Å². The molecular formula is C40H56O3. The number of ether oxygens (including phenoxy) is 2. The second-order valence-electron chi connectivity index (χ2n) is 12.1. The lowest BCUT2D eigenvalue weighted by Crippen LogP contribution is -2.09. The maximum atomic E-state index is 12.8. The number of carbonyl (C=O) groups excluding carboxylic acids is 1. The Morgan fingerprint density at radius 2 is 1.12 bits per heavy atom. The summed E-state index contributed by atoms with van der Waals surface area (Å²) in [6.07, 6.45) is 21.2. The molecule has 3 aromatic rings. The van der Waals surface area contributed by atoms with Gasteiger partial charge >= 0.3 is 5.97 Å². The first-order valence-electron chi connectivity index (χ1n) is 17.2. The van der Waals surface area contributed by atoms with Crippen LogP contribution in [0.25, 0.3) is 11.1 Å². The highest BCUT2D eigenvalue weighted by atomic mass is 16.5. The second-order valence-corrected chi connectivity index (χ2v) is 12.1. The van der Waals surface area contributed by atoms with Crippen molar-refractivity contribution in [2.45, 2.75) is 130 Å². The summed E-state index contributed by atoms with van der Waals surface area (Å²) in [5.41, 5.74) is 5.01. The molecule has 1 unspecified atom stereocenters. The molecule has 0 aliphatic rings. The number of carbonyl (C=O) groups is 1. The summed E-state index contributed by atoms with van der Waals surface area (Å²) < 4.78 is 11.9. The first kappa shape index (κ1) is 34.6. The lowest BCUT2D eigenvalue weighted by Gasteiger charge is -2.14. The number of rotatable bonds is 22. The van der Waals surface area contributed by atoms with Crippen molar-refractivity contribution in [1.82, 2.24) is 0 Å². The minimum atomic E-state index is -0.324. The fraction of sp³-hybridized carbons (Fsp3) is 0.525. The highest BCUT2D eigenvalue weighted by Gasteiger charge is 2.12. The van der Waals surface area contributed by atoms with Crippen LogP contribution in [0.1, 0.15) is 145 Å². The number of para-hydroxylation sites is 1. The zero-order valence-electron chi connectivity index (χ0n) is 27.3. The van der Waals surface area contributed by atoms with Crippen molar-refractivity contribution < 1.29 is 14.3 Å². The van der Waals surface area contributed by atoms with Crippen molar-refractivity contribution in [3.8, 4) is 16.9 Å². The van der Waals surface area contributed by atoms with Gasteiger partial charge in [0.05, 0.1) is 11.7 Å². The number of unbranched alkanes of at least 4 members (excludes halogenated alkanes) is 13. The van der Waals surface area contributed by atoms with Gasteiger partial charge in [-0.1, -0.05) is 158 Å². The molecule has 3 aromatic carbocycles. The van der Waals surface area contributed by atoms with Gasteiger partial charge in [0.15, 0.2) is 0 Å². The number of esters is 1. The number of aryl methyl sites for hydroxylation is 1. The van der Waals surface area contributed by atoms with E-state index < -0.39 is 0 Å². The molecular weight excluding hydrogens is 528 g/mol. The molecule has 0 aliphatic heterocycles. The summed E-state index contributed by atoms with van der Waals surface area (Å²) in [6, 6.07) is 24.0. The standard InChI is InChI=1S/C40H56O3/c1-4-6-7-8-9-10-11-12-13-14-15-16-17-20-32-42-33(3)34-24-26-35(27-25-34)36-28-30-38(31-29-36)40(41)43-39-23-19-18-22-37(39)21-5-2/h18-19,22-31,33H,4-17,20-21,32H2,1-3H3. The van der Waals surface area contributed by atoms with E-state index in [4.69, 9.17) is 9.47 Å². The Balaban J connectivity index is 1.30. The van der Waals surface area contributed by atoms with Crippen molar-refractivity contribution in [3.05, 3.63) is 89.5 Å². The van der Waals surface area contributed by atoms with Gasteiger partial charge in [-0.25, -0.2) is 4.79 Å². The molecule has 0 bridgehead atoms. The van der Waals surface area contributed by atoms with Crippen LogP contribution in [0.3, 0.4) is 0 Å². The summed E-state index contributed by atoms with van der Waals surface area (Å²) in [6.45, 7) is 7.37.